The summed E-state index contributed by atoms with van der Waals surface area (Å²) < 4.78 is 26.5. The van der Waals surface area contributed by atoms with Crippen LogP contribution < -0.4 is 0 Å². The number of rotatable bonds is 4. The van der Waals surface area contributed by atoms with Gasteiger partial charge in [0.25, 0.3) is 5.91 Å². The van der Waals surface area contributed by atoms with E-state index in [4.69, 9.17) is 0 Å². The lowest BCUT2D eigenvalue weighted by Gasteiger charge is -2.22. The first kappa shape index (κ1) is 13.7. The van der Waals surface area contributed by atoms with Gasteiger partial charge in [0, 0.05) is 18.2 Å². The standard InChI is InChI=1S/C17H15F2NO/c18-14-5-1-3-12(9-14)11-20(16-7-8-16)17(21)13-4-2-6-15(19)10-13/h1-6,9-10,16H,7-8,11H2. The number of carbonyl (C=O) groups is 1. The van der Waals surface area contributed by atoms with Gasteiger partial charge in [-0.05, 0) is 48.7 Å². The van der Waals surface area contributed by atoms with Gasteiger partial charge in [0.1, 0.15) is 11.6 Å². The predicted octanol–water partition coefficient (Wildman–Crippen LogP) is 3.77. The maximum atomic E-state index is 13.3. The molecular weight excluding hydrogens is 272 g/mol. The Hall–Kier alpha value is -2.23. The zero-order valence-electron chi connectivity index (χ0n) is 11.4. The lowest BCUT2D eigenvalue weighted by atomic mass is 10.1. The minimum absolute atomic E-state index is 0.170. The Balaban J connectivity index is 1.83. The third kappa shape index (κ3) is 3.27. The van der Waals surface area contributed by atoms with E-state index in [1.165, 1.54) is 30.3 Å². The van der Waals surface area contributed by atoms with E-state index in [0.717, 1.165) is 18.4 Å². The van der Waals surface area contributed by atoms with Crippen molar-refractivity contribution in [2.45, 2.75) is 25.4 Å². The number of hydrogen-bond acceptors (Lipinski definition) is 1. The maximum Gasteiger partial charge on any atom is 0.254 e. The van der Waals surface area contributed by atoms with Crippen LogP contribution in [0.1, 0.15) is 28.8 Å². The Bertz CT molecular complexity index is 667. The van der Waals surface area contributed by atoms with Crippen LogP contribution in [-0.4, -0.2) is 16.8 Å². The van der Waals surface area contributed by atoms with Crippen molar-refractivity contribution >= 4 is 5.91 Å². The van der Waals surface area contributed by atoms with Crippen molar-refractivity contribution in [3.63, 3.8) is 0 Å². The van der Waals surface area contributed by atoms with E-state index in [9.17, 15) is 13.6 Å². The average Bonchev–Trinajstić information content (AvgIpc) is 3.29. The molecule has 1 aliphatic rings. The zero-order valence-corrected chi connectivity index (χ0v) is 11.4. The molecule has 0 bridgehead atoms. The smallest absolute Gasteiger partial charge is 0.254 e. The van der Waals surface area contributed by atoms with Crippen molar-refractivity contribution in [3.05, 3.63) is 71.3 Å². The second-order valence-corrected chi connectivity index (χ2v) is 5.30. The minimum Gasteiger partial charge on any atom is -0.331 e. The Morgan fingerprint density at radius 3 is 2.33 bits per heavy atom. The highest BCUT2D eigenvalue weighted by atomic mass is 19.1. The van der Waals surface area contributed by atoms with Gasteiger partial charge < -0.3 is 4.90 Å². The molecule has 2 nitrogen and oxygen atoms in total. The fraction of sp³-hybridized carbons (Fsp3) is 0.235. The second-order valence-electron chi connectivity index (χ2n) is 5.30. The quantitative estimate of drug-likeness (QED) is 0.838. The number of halogens is 2. The van der Waals surface area contributed by atoms with Crippen LogP contribution in [0.25, 0.3) is 0 Å². The van der Waals surface area contributed by atoms with Crippen LogP contribution in [0.5, 0.6) is 0 Å². The molecule has 1 saturated carbocycles. The number of nitrogens with zero attached hydrogens (tertiary/aromatic N) is 1. The third-order valence-electron chi connectivity index (χ3n) is 3.56. The number of amides is 1. The molecule has 2 aromatic rings. The Morgan fingerprint density at radius 2 is 1.71 bits per heavy atom. The summed E-state index contributed by atoms with van der Waals surface area (Å²) in [5.74, 6) is -0.954. The molecule has 1 fully saturated rings. The van der Waals surface area contributed by atoms with E-state index < -0.39 is 5.82 Å². The van der Waals surface area contributed by atoms with E-state index in [0.29, 0.717) is 12.1 Å². The topological polar surface area (TPSA) is 20.3 Å². The molecule has 3 rings (SSSR count). The SMILES string of the molecule is O=C(c1cccc(F)c1)N(Cc1cccc(F)c1)C1CC1. The van der Waals surface area contributed by atoms with Crippen LogP contribution in [0.3, 0.4) is 0 Å². The molecule has 108 valence electrons. The van der Waals surface area contributed by atoms with Crippen LogP contribution in [0.15, 0.2) is 48.5 Å². The summed E-state index contributed by atoms with van der Waals surface area (Å²) in [6, 6.07) is 12.1. The van der Waals surface area contributed by atoms with Gasteiger partial charge >= 0.3 is 0 Å². The summed E-state index contributed by atoms with van der Waals surface area (Å²) in [6.45, 7) is 0.345. The Morgan fingerprint density at radius 1 is 1.05 bits per heavy atom. The fourth-order valence-corrected chi connectivity index (χ4v) is 2.37. The predicted molar refractivity (Wildman–Crippen MR) is 75.7 cm³/mol. The van der Waals surface area contributed by atoms with Crippen LogP contribution in [0.2, 0.25) is 0 Å². The van der Waals surface area contributed by atoms with Gasteiger partial charge in [-0.3, -0.25) is 4.79 Å². The van der Waals surface area contributed by atoms with Crippen molar-refractivity contribution in [2.75, 3.05) is 0 Å². The van der Waals surface area contributed by atoms with E-state index in [1.54, 1.807) is 23.1 Å². The molecule has 0 unspecified atom stereocenters. The van der Waals surface area contributed by atoms with E-state index in [1.807, 2.05) is 0 Å². The first-order chi connectivity index (χ1) is 10.1. The minimum atomic E-state index is -0.428. The van der Waals surface area contributed by atoms with E-state index in [-0.39, 0.29) is 17.8 Å². The Labute approximate surface area is 122 Å². The molecule has 0 saturated heterocycles. The zero-order chi connectivity index (χ0) is 14.8. The summed E-state index contributed by atoms with van der Waals surface area (Å²) in [6.07, 6.45) is 1.88. The van der Waals surface area contributed by atoms with Crippen molar-refractivity contribution in [3.8, 4) is 0 Å². The normalized spacial score (nSPS) is 14.0. The number of hydrogen-bond donors (Lipinski definition) is 0. The molecular formula is C17H15F2NO. The largest absolute Gasteiger partial charge is 0.331 e. The highest BCUT2D eigenvalue weighted by molar-refractivity contribution is 5.94. The van der Waals surface area contributed by atoms with Gasteiger partial charge in [0.05, 0.1) is 0 Å². The van der Waals surface area contributed by atoms with Crippen LogP contribution in [0.4, 0.5) is 8.78 Å². The van der Waals surface area contributed by atoms with Crippen LogP contribution in [-0.2, 0) is 6.54 Å². The van der Waals surface area contributed by atoms with E-state index in [2.05, 4.69) is 0 Å². The molecule has 0 aromatic heterocycles. The lowest BCUT2D eigenvalue weighted by molar-refractivity contribution is 0.0729. The van der Waals surface area contributed by atoms with Crippen molar-refractivity contribution < 1.29 is 13.6 Å². The molecule has 4 heteroatoms. The third-order valence-corrected chi connectivity index (χ3v) is 3.56. The van der Waals surface area contributed by atoms with Crippen molar-refractivity contribution in [1.82, 2.24) is 4.90 Å². The monoisotopic (exact) mass is 287 g/mol. The van der Waals surface area contributed by atoms with Crippen molar-refractivity contribution in [1.29, 1.82) is 0 Å². The summed E-state index contributed by atoms with van der Waals surface area (Å²) in [4.78, 5) is 14.2. The molecule has 21 heavy (non-hydrogen) atoms. The molecule has 2 aromatic carbocycles. The molecule has 1 amide bonds. The van der Waals surface area contributed by atoms with Crippen LogP contribution >= 0.6 is 0 Å². The summed E-state index contributed by atoms with van der Waals surface area (Å²) >= 11 is 0. The summed E-state index contributed by atoms with van der Waals surface area (Å²) in [7, 11) is 0. The second kappa shape index (κ2) is 5.64. The lowest BCUT2D eigenvalue weighted by Crippen LogP contribution is -2.32. The highest BCUT2D eigenvalue weighted by Crippen LogP contribution is 2.30. The summed E-state index contributed by atoms with van der Waals surface area (Å²) in [5, 5.41) is 0. The van der Waals surface area contributed by atoms with Gasteiger partial charge in [0.15, 0.2) is 0 Å². The average molecular weight is 287 g/mol. The molecule has 0 aliphatic heterocycles. The van der Waals surface area contributed by atoms with Crippen LogP contribution in [0, 0.1) is 11.6 Å². The van der Waals surface area contributed by atoms with E-state index >= 15 is 0 Å². The van der Waals surface area contributed by atoms with Gasteiger partial charge in [-0.15, -0.1) is 0 Å². The molecule has 0 spiro atoms. The number of benzene rings is 2. The number of carbonyl (C=O) groups excluding carboxylic acids is 1. The first-order valence-corrected chi connectivity index (χ1v) is 6.94. The van der Waals surface area contributed by atoms with Gasteiger partial charge in [-0.25, -0.2) is 8.78 Å². The Kier molecular flexibility index (Phi) is 3.69. The molecule has 0 atom stereocenters. The van der Waals surface area contributed by atoms with Gasteiger partial charge in [-0.2, -0.15) is 0 Å². The molecule has 0 heterocycles. The molecule has 1 aliphatic carbocycles. The van der Waals surface area contributed by atoms with Gasteiger partial charge in [-0.1, -0.05) is 18.2 Å². The van der Waals surface area contributed by atoms with Crippen molar-refractivity contribution in [2.24, 2.45) is 0 Å². The van der Waals surface area contributed by atoms with Gasteiger partial charge in [0.2, 0.25) is 0 Å². The fourth-order valence-electron chi connectivity index (χ4n) is 2.37. The summed E-state index contributed by atoms with van der Waals surface area (Å²) in [5.41, 5.74) is 1.07. The molecule has 0 N–H and O–H groups in total. The highest BCUT2D eigenvalue weighted by Gasteiger charge is 2.33. The maximum absolute atomic E-state index is 13.3. The first-order valence-electron chi connectivity index (χ1n) is 6.94. The molecule has 0 radical (unpaired) electrons.